The number of carbonyl (C=O) groups is 2. The number of anilines is 1. The van der Waals surface area contributed by atoms with Crippen LogP contribution in [0.2, 0.25) is 0 Å². The van der Waals surface area contributed by atoms with Gasteiger partial charge >= 0.3 is 6.18 Å². The van der Waals surface area contributed by atoms with Gasteiger partial charge in [0.2, 0.25) is 5.91 Å². The zero-order valence-electron chi connectivity index (χ0n) is 17.4. The second kappa shape index (κ2) is 9.36. The van der Waals surface area contributed by atoms with Gasteiger partial charge in [0.25, 0.3) is 5.91 Å². The van der Waals surface area contributed by atoms with Crippen molar-refractivity contribution in [3.8, 4) is 0 Å². The average molecular weight is 434 g/mol. The van der Waals surface area contributed by atoms with Crippen LogP contribution >= 0.6 is 0 Å². The van der Waals surface area contributed by atoms with E-state index in [1.807, 2.05) is 17.9 Å². The Bertz CT molecular complexity index is 923. The molecule has 2 N–H and O–H groups in total. The van der Waals surface area contributed by atoms with Crippen molar-refractivity contribution in [2.45, 2.75) is 44.9 Å². The molecule has 31 heavy (non-hydrogen) atoms. The number of halogens is 3. The third-order valence-electron chi connectivity index (χ3n) is 5.26. The number of nitrogens with zero attached hydrogens (tertiary/aromatic N) is 2. The van der Waals surface area contributed by atoms with Gasteiger partial charge in [-0.05, 0) is 51.0 Å². The summed E-state index contributed by atoms with van der Waals surface area (Å²) in [5.74, 6) is -0.0989. The maximum absolute atomic E-state index is 12.7. The first-order chi connectivity index (χ1) is 14.6. The molecule has 2 aromatic rings. The van der Waals surface area contributed by atoms with Crippen LogP contribution < -0.4 is 15.5 Å². The first kappa shape index (κ1) is 22.6. The molecule has 1 aliphatic heterocycles. The summed E-state index contributed by atoms with van der Waals surface area (Å²) in [5.41, 5.74) is 0.677. The predicted molar refractivity (Wildman–Crippen MR) is 111 cm³/mol. The van der Waals surface area contributed by atoms with E-state index in [0.29, 0.717) is 37.3 Å². The molecule has 6 nitrogen and oxygen atoms in total. The van der Waals surface area contributed by atoms with Crippen LogP contribution in [0.3, 0.4) is 0 Å². The van der Waals surface area contributed by atoms with Crippen molar-refractivity contribution in [2.75, 3.05) is 18.0 Å². The number of aryl methyl sites for hydroxylation is 1. The first-order valence-electron chi connectivity index (χ1n) is 10.1. The molecular formula is C22H25F3N4O2. The zero-order valence-corrected chi connectivity index (χ0v) is 17.4. The smallest absolute Gasteiger partial charge is 0.356 e. The number of hydrogen-bond donors (Lipinski definition) is 2. The maximum atomic E-state index is 12.7. The normalized spacial score (nSPS) is 16.0. The van der Waals surface area contributed by atoms with Gasteiger partial charge in [-0.1, -0.05) is 17.7 Å². The number of nitrogens with one attached hydrogen (secondary N) is 2. The van der Waals surface area contributed by atoms with Gasteiger partial charge in [-0.2, -0.15) is 13.2 Å². The van der Waals surface area contributed by atoms with E-state index in [4.69, 9.17) is 0 Å². The van der Waals surface area contributed by atoms with Gasteiger partial charge in [0.15, 0.2) is 0 Å². The lowest BCUT2D eigenvalue weighted by atomic mass is 10.0. The average Bonchev–Trinajstić information content (AvgIpc) is 2.73. The summed E-state index contributed by atoms with van der Waals surface area (Å²) in [4.78, 5) is 30.6. The van der Waals surface area contributed by atoms with Gasteiger partial charge in [0.05, 0.1) is 5.56 Å². The monoisotopic (exact) mass is 434 g/mol. The fraction of sp³-hybridized carbons (Fsp3) is 0.409. The minimum atomic E-state index is -4.41. The van der Waals surface area contributed by atoms with E-state index in [1.54, 1.807) is 25.1 Å². The van der Waals surface area contributed by atoms with Gasteiger partial charge in [0, 0.05) is 30.9 Å². The van der Waals surface area contributed by atoms with Crippen LogP contribution in [0.25, 0.3) is 0 Å². The minimum Gasteiger partial charge on any atom is -0.356 e. The molecule has 1 aliphatic rings. The number of carbonyl (C=O) groups excluding carboxylic acids is 2. The Morgan fingerprint density at radius 3 is 2.45 bits per heavy atom. The Balaban J connectivity index is 1.47. The summed E-state index contributed by atoms with van der Waals surface area (Å²) in [7, 11) is 0. The van der Waals surface area contributed by atoms with E-state index in [1.165, 1.54) is 6.07 Å². The van der Waals surface area contributed by atoms with Crippen LogP contribution in [-0.2, 0) is 11.0 Å². The second-order valence-corrected chi connectivity index (χ2v) is 7.74. The maximum Gasteiger partial charge on any atom is 0.417 e. The molecule has 1 atom stereocenters. The van der Waals surface area contributed by atoms with Gasteiger partial charge in [-0.15, -0.1) is 0 Å². The number of aromatic nitrogens is 1. The van der Waals surface area contributed by atoms with Crippen molar-refractivity contribution in [1.29, 1.82) is 0 Å². The molecule has 0 bridgehead atoms. The number of pyridine rings is 1. The molecule has 1 aromatic heterocycles. The topological polar surface area (TPSA) is 74.3 Å². The van der Waals surface area contributed by atoms with Crippen molar-refractivity contribution in [3.63, 3.8) is 0 Å². The Morgan fingerprint density at radius 1 is 1.16 bits per heavy atom. The lowest BCUT2D eigenvalue weighted by molar-refractivity contribution is -0.137. The van der Waals surface area contributed by atoms with Gasteiger partial charge in [-0.3, -0.25) is 9.59 Å². The number of rotatable bonds is 5. The van der Waals surface area contributed by atoms with Crippen molar-refractivity contribution in [1.82, 2.24) is 15.6 Å². The standard InChI is InChI=1S/C22H25F3N4O2/c1-14-4-3-5-16(12-14)21(31)27-15(2)20(30)28-18-8-10-29(11-9-18)19-7-6-17(13-26-19)22(23,24)25/h3-7,12-13,15,18H,8-11H2,1-2H3,(H,27,31)(H,28,30). The fourth-order valence-electron chi connectivity index (χ4n) is 3.45. The van der Waals surface area contributed by atoms with Crippen LogP contribution in [0.1, 0.15) is 41.3 Å². The molecular weight excluding hydrogens is 409 g/mol. The molecule has 0 radical (unpaired) electrons. The second-order valence-electron chi connectivity index (χ2n) is 7.74. The van der Waals surface area contributed by atoms with Crippen molar-refractivity contribution >= 4 is 17.6 Å². The minimum absolute atomic E-state index is 0.0727. The number of hydrogen-bond acceptors (Lipinski definition) is 4. The molecule has 3 rings (SSSR count). The van der Waals surface area contributed by atoms with Gasteiger partial charge in [-0.25, -0.2) is 4.98 Å². The lowest BCUT2D eigenvalue weighted by Gasteiger charge is -2.33. The molecule has 0 saturated carbocycles. The Kier molecular flexibility index (Phi) is 6.82. The Labute approximate surface area is 178 Å². The molecule has 1 fully saturated rings. The van der Waals surface area contributed by atoms with E-state index in [2.05, 4.69) is 15.6 Å². The molecule has 1 aromatic carbocycles. The van der Waals surface area contributed by atoms with Crippen LogP contribution in [0.4, 0.5) is 19.0 Å². The molecule has 0 spiro atoms. The van der Waals surface area contributed by atoms with Crippen LogP contribution in [0, 0.1) is 6.92 Å². The highest BCUT2D eigenvalue weighted by Gasteiger charge is 2.31. The van der Waals surface area contributed by atoms with E-state index in [-0.39, 0.29) is 17.9 Å². The van der Waals surface area contributed by atoms with E-state index in [0.717, 1.165) is 17.8 Å². The summed E-state index contributed by atoms with van der Waals surface area (Å²) in [5, 5.41) is 5.64. The van der Waals surface area contributed by atoms with Crippen LogP contribution in [-0.4, -0.2) is 42.0 Å². The molecule has 166 valence electrons. The highest BCUT2D eigenvalue weighted by Crippen LogP contribution is 2.29. The molecule has 1 saturated heterocycles. The first-order valence-corrected chi connectivity index (χ1v) is 10.1. The predicted octanol–water partition coefficient (Wildman–Crippen LogP) is 3.31. The summed E-state index contributed by atoms with van der Waals surface area (Å²) in [6, 6.07) is 8.75. The number of alkyl halides is 3. The van der Waals surface area contributed by atoms with Crippen molar-refractivity contribution in [2.24, 2.45) is 0 Å². The summed E-state index contributed by atoms with van der Waals surface area (Å²) in [6.45, 7) is 4.64. The van der Waals surface area contributed by atoms with E-state index >= 15 is 0 Å². The van der Waals surface area contributed by atoms with Crippen LogP contribution in [0.15, 0.2) is 42.6 Å². The third-order valence-corrected chi connectivity index (χ3v) is 5.26. The lowest BCUT2D eigenvalue weighted by Crippen LogP contribution is -2.51. The van der Waals surface area contributed by atoms with Crippen LogP contribution in [0.5, 0.6) is 0 Å². The SMILES string of the molecule is Cc1cccc(C(=O)NC(C)C(=O)NC2CCN(c3ccc(C(F)(F)F)cn3)CC2)c1. The highest BCUT2D eigenvalue weighted by atomic mass is 19.4. The number of benzene rings is 1. The molecule has 9 heteroatoms. The molecule has 1 unspecified atom stereocenters. The van der Waals surface area contributed by atoms with E-state index < -0.39 is 17.8 Å². The molecule has 0 aliphatic carbocycles. The summed E-state index contributed by atoms with van der Waals surface area (Å²) < 4.78 is 38.0. The fourth-order valence-corrected chi connectivity index (χ4v) is 3.45. The van der Waals surface area contributed by atoms with E-state index in [9.17, 15) is 22.8 Å². The summed E-state index contributed by atoms with van der Waals surface area (Å²) >= 11 is 0. The number of amides is 2. The zero-order chi connectivity index (χ0) is 22.6. The Hall–Kier alpha value is -3.10. The van der Waals surface area contributed by atoms with Gasteiger partial charge in [0.1, 0.15) is 11.9 Å². The van der Waals surface area contributed by atoms with Gasteiger partial charge < -0.3 is 15.5 Å². The molecule has 2 amide bonds. The summed E-state index contributed by atoms with van der Waals surface area (Å²) in [6.07, 6.45) is -2.31. The Morgan fingerprint density at radius 2 is 1.87 bits per heavy atom. The quantitative estimate of drug-likeness (QED) is 0.757. The van der Waals surface area contributed by atoms with Crippen molar-refractivity contribution in [3.05, 3.63) is 59.3 Å². The third kappa shape index (κ3) is 5.96. The van der Waals surface area contributed by atoms with Crippen molar-refractivity contribution < 1.29 is 22.8 Å². The largest absolute Gasteiger partial charge is 0.417 e. The number of piperidine rings is 1. The molecule has 2 heterocycles. The highest BCUT2D eigenvalue weighted by molar-refractivity contribution is 5.97.